The van der Waals surface area contributed by atoms with E-state index in [0.717, 1.165) is 5.56 Å². The number of rotatable bonds is 8. The molecule has 0 aliphatic carbocycles. The van der Waals surface area contributed by atoms with E-state index >= 15 is 0 Å². The Labute approximate surface area is 151 Å². The van der Waals surface area contributed by atoms with Crippen LogP contribution in [0.1, 0.15) is 28.4 Å². The van der Waals surface area contributed by atoms with Gasteiger partial charge in [0, 0.05) is 17.2 Å². The summed E-state index contributed by atoms with van der Waals surface area (Å²) < 4.78 is 5.08. The molecule has 1 amide bonds. The van der Waals surface area contributed by atoms with Gasteiger partial charge in [0.05, 0.1) is 0 Å². The van der Waals surface area contributed by atoms with Gasteiger partial charge in [-0.1, -0.05) is 24.3 Å². The number of nitrogen functional groups attached to an aromatic ring is 1. The van der Waals surface area contributed by atoms with Crippen LogP contribution in [0.5, 0.6) is 5.75 Å². The minimum Gasteiger partial charge on any atom is -0.482 e. The van der Waals surface area contributed by atoms with Crippen molar-refractivity contribution in [3.63, 3.8) is 0 Å². The average Bonchev–Trinajstić information content (AvgIpc) is 2.61. The van der Waals surface area contributed by atoms with Crippen LogP contribution in [0.2, 0.25) is 0 Å². The van der Waals surface area contributed by atoms with Crippen LogP contribution in [0.3, 0.4) is 0 Å². The SMILES string of the molecule is C[C@@H](Cc1ccc(OCC(=O)O)cc1)NC(=O)c1ccc(C(=N)N)cc1. The monoisotopic (exact) mass is 355 g/mol. The summed E-state index contributed by atoms with van der Waals surface area (Å²) in [6, 6.07) is 13.5. The number of amidine groups is 1. The van der Waals surface area contributed by atoms with Crippen molar-refractivity contribution in [1.82, 2.24) is 5.32 Å². The van der Waals surface area contributed by atoms with Crippen LogP contribution in [0.15, 0.2) is 48.5 Å². The minimum atomic E-state index is -1.03. The van der Waals surface area contributed by atoms with Crippen molar-refractivity contribution in [3.8, 4) is 5.75 Å². The lowest BCUT2D eigenvalue weighted by Gasteiger charge is -2.14. The van der Waals surface area contributed by atoms with E-state index < -0.39 is 5.97 Å². The molecule has 0 radical (unpaired) electrons. The smallest absolute Gasteiger partial charge is 0.341 e. The number of hydrogen-bond acceptors (Lipinski definition) is 4. The molecule has 1 atom stereocenters. The molecular weight excluding hydrogens is 334 g/mol. The number of aliphatic carboxylic acids is 1. The maximum absolute atomic E-state index is 12.3. The van der Waals surface area contributed by atoms with Gasteiger partial charge < -0.3 is 20.9 Å². The lowest BCUT2D eigenvalue weighted by Crippen LogP contribution is -2.34. The molecule has 5 N–H and O–H groups in total. The van der Waals surface area contributed by atoms with E-state index in [1.54, 1.807) is 36.4 Å². The van der Waals surface area contributed by atoms with E-state index in [4.69, 9.17) is 21.0 Å². The van der Waals surface area contributed by atoms with Gasteiger partial charge in [-0.05, 0) is 43.2 Å². The van der Waals surface area contributed by atoms with Crippen LogP contribution < -0.4 is 15.8 Å². The number of carboxylic acid groups (broad SMARTS) is 1. The Balaban J connectivity index is 1.89. The van der Waals surface area contributed by atoms with Gasteiger partial charge >= 0.3 is 5.97 Å². The Morgan fingerprint density at radius 1 is 1.12 bits per heavy atom. The average molecular weight is 355 g/mol. The zero-order chi connectivity index (χ0) is 19.1. The fraction of sp³-hybridized carbons (Fsp3) is 0.211. The number of benzene rings is 2. The maximum atomic E-state index is 12.3. The molecule has 2 rings (SSSR count). The maximum Gasteiger partial charge on any atom is 0.341 e. The van der Waals surface area contributed by atoms with Gasteiger partial charge in [-0.15, -0.1) is 0 Å². The third-order valence-electron chi connectivity index (χ3n) is 3.66. The number of carbonyl (C=O) groups excluding carboxylic acids is 1. The quantitative estimate of drug-likeness (QED) is 0.424. The van der Waals surface area contributed by atoms with Gasteiger partial charge in [0.1, 0.15) is 11.6 Å². The Morgan fingerprint density at radius 2 is 1.69 bits per heavy atom. The molecule has 136 valence electrons. The first-order valence-electron chi connectivity index (χ1n) is 8.04. The van der Waals surface area contributed by atoms with Crippen molar-refractivity contribution in [2.75, 3.05) is 6.61 Å². The molecule has 0 aliphatic heterocycles. The van der Waals surface area contributed by atoms with Crippen LogP contribution in [0.25, 0.3) is 0 Å². The second kappa shape index (κ2) is 8.66. The van der Waals surface area contributed by atoms with Crippen LogP contribution in [-0.4, -0.2) is 35.5 Å². The van der Waals surface area contributed by atoms with E-state index in [2.05, 4.69) is 5.32 Å². The van der Waals surface area contributed by atoms with Gasteiger partial charge in [0.2, 0.25) is 0 Å². The molecule has 0 bridgehead atoms. The van der Waals surface area contributed by atoms with E-state index in [1.807, 2.05) is 19.1 Å². The molecular formula is C19H21N3O4. The van der Waals surface area contributed by atoms with Gasteiger partial charge in [0.25, 0.3) is 5.91 Å². The second-order valence-corrected chi connectivity index (χ2v) is 5.90. The van der Waals surface area contributed by atoms with Gasteiger partial charge in [-0.3, -0.25) is 10.2 Å². The highest BCUT2D eigenvalue weighted by Gasteiger charge is 2.11. The van der Waals surface area contributed by atoms with E-state index in [1.165, 1.54) is 0 Å². The molecule has 2 aromatic rings. The predicted molar refractivity (Wildman–Crippen MR) is 97.7 cm³/mol. The number of nitrogens with one attached hydrogen (secondary N) is 2. The van der Waals surface area contributed by atoms with Gasteiger partial charge in [-0.2, -0.15) is 0 Å². The summed E-state index contributed by atoms with van der Waals surface area (Å²) >= 11 is 0. The zero-order valence-electron chi connectivity index (χ0n) is 14.4. The van der Waals surface area contributed by atoms with Crippen LogP contribution in [0, 0.1) is 5.41 Å². The van der Waals surface area contributed by atoms with Crippen LogP contribution in [0.4, 0.5) is 0 Å². The standard InChI is InChI=1S/C19H21N3O4/c1-12(10-13-2-8-16(9-3-13)26-11-17(23)24)22-19(25)15-6-4-14(5-7-15)18(20)21/h2-9,12H,10-11H2,1H3,(H3,20,21)(H,22,25)(H,23,24)/t12-/m0/s1. The van der Waals surface area contributed by atoms with Crippen LogP contribution >= 0.6 is 0 Å². The molecule has 0 unspecified atom stereocenters. The topological polar surface area (TPSA) is 125 Å². The normalized spacial score (nSPS) is 11.4. The summed E-state index contributed by atoms with van der Waals surface area (Å²) in [5, 5.41) is 18.9. The fourth-order valence-electron chi connectivity index (χ4n) is 2.38. The van der Waals surface area contributed by atoms with Crippen molar-refractivity contribution in [2.24, 2.45) is 5.73 Å². The summed E-state index contributed by atoms with van der Waals surface area (Å²) in [7, 11) is 0. The van der Waals surface area contributed by atoms with Gasteiger partial charge in [0.15, 0.2) is 6.61 Å². The molecule has 0 heterocycles. The number of hydrogen-bond donors (Lipinski definition) is 4. The highest BCUT2D eigenvalue weighted by molar-refractivity contribution is 5.98. The Kier molecular flexibility index (Phi) is 6.32. The predicted octanol–water partition coefficient (Wildman–Crippen LogP) is 1.80. The van der Waals surface area contributed by atoms with E-state index in [9.17, 15) is 9.59 Å². The fourth-order valence-corrected chi connectivity index (χ4v) is 2.38. The largest absolute Gasteiger partial charge is 0.482 e. The molecule has 0 spiro atoms. The van der Waals surface area contributed by atoms with Crippen molar-refractivity contribution in [2.45, 2.75) is 19.4 Å². The molecule has 0 saturated heterocycles. The first-order chi connectivity index (χ1) is 12.3. The van der Waals surface area contributed by atoms with Crippen molar-refractivity contribution in [3.05, 3.63) is 65.2 Å². The molecule has 7 heteroatoms. The summed E-state index contributed by atoms with van der Waals surface area (Å²) in [6.07, 6.45) is 0.622. The molecule has 0 aromatic heterocycles. The van der Waals surface area contributed by atoms with Crippen molar-refractivity contribution in [1.29, 1.82) is 5.41 Å². The summed E-state index contributed by atoms with van der Waals surface area (Å²) in [5.74, 6) is -0.782. The first kappa shape index (κ1) is 19.0. The van der Waals surface area contributed by atoms with E-state index in [-0.39, 0.29) is 24.4 Å². The molecule has 0 fully saturated rings. The molecule has 7 nitrogen and oxygen atoms in total. The van der Waals surface area contributed by atoms with Crippen molar-refractivity contribution >= 4 is 17.7 Å². The third kappa shape index (κ3) is 5.62. The summed E-state index contributed by atoms with van der Waals surface area (Å²) in [6.45, 7) is 1.52. The Morgan fingerprint density at radius 3 is 2.23 bits per heavy atom. The van der Waals surface area contributed by atoms with Crippen LogP contribution in [-0.2, 0) is 11.2 Å². The van der Waals surface area contributed by atoms with Crippen molar-refractivity contribution < 1.29 is 19.4 Å². The molecule has 0 saturated carbocycles. The number of amides is 1. The third-order valence-corrected chi connectivity index (χ3v) is 3.66. The highest BCUT2D eigenvalue weighted by Crippen LogP contribution is 2.14. The lowest BCUT2D eigenvalue weighted by molar-refractivity contribution is -0.139. The Hall–Kier alpha value is -3.35. The molecule has 26 heavy (non-hydrogen) atoms. The number of carboxylic acids is 1. The first-order valence-corrected chi connectivity index (χ1v) is 8.04. The zero-order valence-corrected chi connectivity index (χ0v) is 14.4. The summed E-state index contributed by atoms with van der Waals surface area (Å²) in [4.78, 5) is 22.7. The number of nitrogens with two attached hydrogens (primary N) is 1. The molecule has 0 aliphatic rings. The lowest BCUT2D eigenvalue weighted by atomic mass is 10.1. The second-order valence-electron chi connectivity index (χ2n) is 5.90. The number of carbonyl (C=O) groups is 2. The highest BCUT2D eigenvalue weighted by atomic mass is 16.5. The minimum absolute atomic E-state index is 0.0406. The van der Waals surface area contributed by atoms with E-state index in [0.29, 0.717) is 23.3 Å². The van der Waals surface area contributed by atoms with Gasteiger partial charge in [-0.25, -0.2) is 4.79 Å². The summed E-state index contributed by atoms with van der Waals surface area (Å²) in [5.41, 5.74) is 7.46. The Bertz CT molecular complexity index is 785. The number of ether oxygens (including phenoxy) is 1. The molecule has 2 aromatic carbocycles.